The zero-order valence-corrected chi connectivity index (χ0v) is 20.0. The number of hydrogen-bond acceptors (Lipinski definition) is 6. The lowest BCUT2D eigenvalue weighted by Crippen LogP contribution is -2.38. The van der Waals surface area contributed by atoms with Gasteiger partial charge >= 0.3 is 0 Å². The van der Waals surface area contributed by atoms with E-state index < -0.39 is 0 Å². The van der Waals surface area contributed by atoms with Crippen LogP contribution < -0.4 is 4.90 Å². The number of aryl methyl sites for hydroxylation is 1. The number of hydrogen-bond donors (Lipinski definition) is 2. The Balaban J connectivity index is 1.50. The van der Waals surface area contributed by atoms with Crippen LogP contribution in [0.15, 0.2) is 36.5 Å². The van der Waals surface area contributed by atoms with Crippen molar-refractivity contribution in [3.63, 3.8) is 0 Å². The summed E-state index contributed by atoms with van der Waals surface area (Å²) in [5.74, 6) is 0.502. The van der Waals surface area contributed by atoms with Crippen LogP contribution in [-0.4, -0.2) is 58.6 Å². The molecule has 1 aromatic heterocycles. The van der Waals surface area contributed by atoms with Gasteiger partial charge in [0.2, 0.25) is 0 Å². The average molecular weight is 460 g/mol. The van der Waals surface area contributed by atoms with Gasteiger partial charge in [0.15, 0.2) is 17.3 Å². The zero-order chi connectivity index (χ0) is 23.8. The number of aromatic hydroxyl groups is 2. The maximum absolute atomic E-state index is 12.6. The fourth-order valence-electron chi connectivity index (χ4n) is 5.55. The molecule has 2 fully saturated rings. The van der Waals surface area contributed by atoms with E-state index in [1.54, 1.807) is 26.1 Å². The van der Waals surface area contributed by atoms with Gasteiger partial charge in [0, 0.05) is 31.2 Å². The van der Waals surface area contributed by atoms with E-state index in [2.05, 4.69) is 20.9 Å². The normalized spacial score (nSPS) is 17.5. The van der Waals surface area contributed by atoms with Crippen molar-refractivity contribution in [2.45, 2.75) is 39.5 Å². The molecule has 0 saturated carbocycles. The number of phenols is 2. The van der Waals surface area contributed by atoms with Crippen LogP contribution in [0.1, 0.15) is 48.5 Å². The summed E-state index contributed by atoms with van der Waals surface area (Å²) >= 11 is 0. The predicted octanol–water partition coefficient (Wildman–Crippen LogP) is 5.14. The Labute approximate surface area is 200 Å². The first-order valence-electron chi connectivity index (χ1n) is 12.3. The van der Waals surface area contributed by atoms with Crippen molar-refractivity contribution in [1.82, 2.24) is 9.88 Å². The van der Waals surface area contributed by atoms with Crippen molar-refractivity contribution >= 4 is 22.4 Å². The average Bonchev–Trinajstić information content (AvgIpc) is 3.34. The molecule has 3 aromatic rings. The predicted molar refractivity (Wildman–Crippen MR) is 136 cm³/mol. The molecular weight excluding hydrogens is 426 g/mol. The van der Waals surface area contributed by atoms with Crippen molar-refractivity contribution in [3.8, 4) is 22.6 Å². The molecule has 0 bridgehead atoms. The second kappa shape index (κ2) is 9.26. The van der Waals surface area contributed by atoms with E-state index in [0.717, 1.165) is 53.6 Å². The number of nitrogens with zero attached hydrogens (tertiary/aromatic N) is 3. The van der Waals surface area contributed by atoms with Gasteiger partial charge in [0.1, 0.15) is 0 Å². The van der Waals surface area contributed by atoms with Gasteiger partial charge in [0.25, 0.3) is 0 Å². The summed E-state index contributed by atoms with van der Waals surface area (Å²) in [5, 5.41) is 21.1. The van der Waals surface area contributed by atoms with Crippen LogP contribution in [0.25, 0.3) is 22.0 Å². The quantitative estimate of drug-likeness (QED) is 0.407. The first kappa shape index (κ1) is 22.7. The number of carbonyl (C=O) groups is 1. The number of phenolic OH excluding ortho intramolecular Hbond substituents is 2. The summed E-state index contributed by atoms with van der Waals surface area (Å²) in [7, 11) is 0. The maximum atomic E-state index is 12.6. The molecule has 6 nitrogen and oxygen atoms in total. The van der Waals surface area contributed by atoms with Crippen LogP contribution in [0, 0.1) is 12.8 Å². The SMILES string of the molecule is CC(=O)c1cnc2ccc(-c3cc(C)c(O)c(O)c3)cc2c1N1CCC(CN2CCCC2)CC1. The lowest BCUT2D eigenvalue weighted by atomic mass is 9.93. The number of aromatic nitrogens is 1. The minimum atomic E-state index is -0.133. The summed E-state index contributed by atoms with van der Waals surface area (Å²) in [4.78, 5) is 22.1. The lowest BCUT2D eigenvalue weighted by Gasteiger charge is -2.36. The highest BCUT2D eigenvalue weighted by Gasteiger charge is 2.26. The van der Waals surface area contributed by atoms with Gasteiger partial charge in [-0.2, -0.15) is 0 Å². The Kier molecular flexibility index (Phi) is 6.17. The second-order valence-electron chi connectivity index (χ2n) is 9.91. The minimum Gasteiger partial charge on any atom is -0.504 e. The Morgan fingerprint density at radius 3 is 2.44 bits per heavy atom. The van der Waals surface area contributed by atoms with E-state index in [-0.39, 0.29) is 17.3 Å². The Morgan fingerprint density at radius 1 is 1.03 bits per heavy atom. The number of fused-ring (bicyclic) bond motifs is 1. The van der Waals surface area contributed by atoms with Gasteiger partial charge in [0.05, 0.1) is 16.8 Å². The van der Waals surface area contributed by atoms with Crippen molar-refractivity contribution in [2.75, 3.05) is 37.6 Å². The molecule has 5 rings (SSSR count). The van der Waals surface area contributed by atoms with Crippen LogP contribution in [0.4, 0.5) is 5.69 Å². The molecule has 3 heterocycles. The summed E-state index contributed by atoms with van der Waals surface area (Å²) in [6.07, 6.45) is 6.62. The van der Waals surface area contributed by atoms with E-state index in [1.807, 2.05) is 18.2 Å². The molecule has 2 saturated heterocycles. The zero-order valence-electron chi connectivity index (χ0n) is 20.0. The number of ketones is 1. The first-order valence-corrected chi connectivity index (χ1v) is 12.3. The summed E-state index contributed by atoms with van der Waals surface area (Å²) < 4.78 is 0. The lowest BCUT2D eigenvalue weighted by molar-refractivity contribution is 0.101. The Hall–Kier alpha value is -3.12. The van der Waals surface area contributed by atoms with Gasteiger partial charge < -0.3 is 20.0 Å². The fourth-order valence-corrected chi connectivity index (χ4v) is 5.55. The molecule has 34 heavy (non-hydrogen) atoms. The molecule has 0 radical (unpaired) electrons. The highest BCUT2D eigenvalue weighted by atomic mass is 16.3. The molecule has 6 heteroatoms. The molecule has 0 unspecified atom stereocenters. The standard InChI is InChI=1S/C28H33N3O3/c1-18-13-22(15-26(33)28(18)34)21-5-6-25-23(14-21)27(24(16-29-25)19(2)32)31-11-7-20(8-12-31)17-30-9-3-4-10-30/h5-6,13-16,20,33-34H,3-4,7-12,17H2,1-2H3. The Morgan fingerprint density at radius 2 is 1.76 bits per heavy atom. The van der Waals surface area contributed by atoms with E-state index in [0.29, 0.717) is 17.0 Å². The van der Waals surface area contributed by atoms with Crippen LogP contribution >= 0.6 is 0 Å². The van der Waals surface area contributed by atoms with Gasteiger partial charge in [-0.1, -0.05) is 6.07 Å². The second-order valence-corrected chi connectivity index (χ2v) is 9.91. The largest absolute Gasteiger partial charge is 0.504 e. The molecule has 2 aromatic carbocycles. The van der Waals surface area contributed by atoms with Crippen molar-refractivity contribution < 1.29 is 15.0 Å². The van der Waals surface area contributed by atoms with Gasteiger partial charge in [-0.3, -0.25) is 9.78 Å². The van der Waals surface area contributed by atoms with Crippen LogP contribution in [0.5, 0.6) is 11.5 Å². The molecular formula is C28H33N3O3. The van der Waals surface area contributed by atoms with Gasteiger partial charge in [-0.05, 0) is 99.5 Å². The number of Topliss-reactive ketones (excluding diaryl/α,β-unsaturated/α-hetero) is 1. The van der Waals surface area contributed by atoms with Gasteiger partial charge in [-0.25, -0.2) is 0 Å². The van der Waals surface area contributed by atoms with Gasteiger partial charge in [-0.15, -0.1) is 0 Å². The monoisotopic (exact) mass is 459 g/mol. The van der Waals surface area contributed by atoms with Crippen LogP contribution in [0.2, 0.25) is 0 Å². The minimum absolute atomic E-state index is 0.0205. The van der Waals surface area contributed by atoms with E-state index in [1.165, 1.54) is 32.5 Å². The third-order valence-electron chi connectivity index (χ3n) is 7.48. The molecule has 2 aliphatic heterocycles. The van der Waals surface area contributed by atoms with Crippen molar-refractivity contribution in [3.05, 3.63) is 47.7 Å². The number of pyridine rings is 1. The molecule has 0 atom stereocenters. The third-order valence-corrected chi connectivity index (χ3v) is 7.48. The summed E-state index contributed by atoms with van der Waals surface area (Å²) in [5.41, 5.74) is 4.83. The van der Waals surface area contributed by atoms with Crippen molar-refractivity contribution in [1.29, 1.82) is 0 Å². The number of rotatable bonds is 5. The highest BCUT2D eigenvalue weighted by molar-refractivity contribution is 6.08. The molecule has 0 amide bonds. The van der Waals surface area contributed by atoms with E-state index in [9.17, 15) is 15.0 Å². The van der Waals surface area contributed by atoms with Crippen molar-refractivity contribution in [2.24, 2.45) is 5.92 Å². The number of benzene rings is 2. The van der Waals surface area contributed by atoms with Crippen LogP contribution in [-0.2, 0) is 0 Å². The maximum Gasteiger partial charge on any atom is 0.163 e. The third kappa shape index (κ3) is 4.34. The number of piperidine rings is 1. The smallest absolute Gasteiger partial charge is 0.163 e. The molecule has 0 spiro atoms. The Bertz CT molecular complexity index is 1200. The number of likely N-dealkylation sites (tertiary alicyclic amines) is 1. The number of carbonyl (C=O) groups excluding carboxylic acids is 1. The van der Waals surface area contributed by atoms with E-state index in [4.69, 9.17) is 0 Å². The first-order chi connectivity index (χ1) is 16.4. The molecule has 2 N–H and O–H groups in total. The summed E-state index contributed by atoms with van der Waals surface area (Å²) in [6, 6.07) is 9.44. The molecule has 178 valence electrons. The molecule has 2 aliphatic rings. The van der Waals surface area contributed by atoms with Crippen LogP contribution in [0.3, 0.4) is 0 Å². The summed E-state index contributed by atoms with van der Waals surface area (Å²) in [6.45, 7) is 8.91. The number of anilines is 1. The van der Waals surface area contributed by atoms with E-state index >= 15 is 0 Å². The highest BCUT2D eigenvalue weighted by Crippen LogP contribution is 2.38. The fraction of sp³-hybridized carbons (Fsp3) is 0.429. The molecule has 0 aliphatic carbocycles. The topological polar surface area (TPSA) is 76.9 Å².